The van der Waals surface area contributed by atoms with E-state index >= 15 is 0 Å². The number of Topliss-reactive ketones (excluding diaryl/α,β-unsaturated/α-hetero) is 2. The fourth-order valence-corrected chi connectivity index (χ4v) is 6.32. The van der Waals surface area contributed by atoms with Gasteiger partial charge in [-0.05, 0) is 61.3 Å². The smallest absolute Gasteiger partial charge is 0.178 e. The molecule has 0 aromatic carbocycles. The van der Waals surface area contributed by atoms with Crippen molar-refractivity contribution in [1.82, 2.24) is 0 Å². The topological polar surface area (TPSA) is 60.2 Å². The van der Waals surface area contributed by atoms with E-state index in [-0.39, 0.29) is 16.6 Å². The monoisotopic (exact) mass is 313 g/mol. The van der Waals surface area contributed by atoms with Crippen molar-refractivity contribution >= 4 is 11.6 Å². The molecule has 4 rings (SSSR count). The molecule has 0 spiro atoms. The molecule has 0 aromatic heterocycles. The van der Waals surface area contributed by atoms with Crippen LogP contribution in [-0.4, -0.2) is 11.6 Å². The quantitative estimate of drug-likeness (QED) is 0.744. The van der Waals surface area contributed by atoms with Crippen LogP contribution >= 0.6 is 0 Å². The van der Waals surface area contributed by atoms with Gasteiger partial charge >= 0.3 is 0 Å². The maximum Gasteiger partial charge on any atom is 0.178 e. The van der Waals surface area contributed by atoms with Gasteiger partial charge in [0.25, 0.3) is 0 Å². The lowest BCUT2D eigenvalue weighted by molar-refractivity contribution is -0.130. The maximum atomic E-state index is 12.5. The summed E-state index contributed by atoms with van der Waals surface area (Å²) >= 11 is 0. The number of nitrogens with two attached hydrogens (primary N) is 1. The molecule has 0 radical (unpaired) electrons. The fraction of sp³-hybridized carbons (Fsp3) is 0.700. The van der Waals surface area contributed by atoms with Crippen molar-refractivity contribution in [2.24, 2.45) is 34.3 Å². The van der Waals surface area contributed by atoms with E-state index in [0.717, 1.165) is 37.7 Å². The second kappa shape index (κ2) is 4.58. The van der Waals surface area contributed by atoms with E-state index < -0.39 is 0 Å². The maximum absolute atomic E-state index is 12.5. The van der Waals surface area contributed by atoms with Crippen LogP contribution in [0.15, 0.2) is 22.9 Å². The summed E-state index contributed by atoms with van der Waals surface area (Å²) in [5.41, 5.74) is 8.99. The van der Waals surface area contributed by atoms with Gasteiger partial charge in [0.05, 0.1) is 5.70 Å². The molecule has 0 aromatic rings. The van der Waals surface area contributed by atoms with Gasteiger partial charge in [0.1, 0.15) is 5.78 Å². The Morgan fingerprint density at radius 1 is 1.04 bits per heavy atom. The summed E-state index contributed by atoms with van der Waals surface area (Å²) in [5, 5.41) is 0. The molecule has 0 aliphatic heterocycles. The Bertz CT molecular complexity index is 673. The molecular formula is C20H27NO2. The number of ketones is 2. The zero-order chi connectivity index (χ0) is 16.6. The van der Waals surface area contributed by atoms with E-state index in [1.165, 1.54) is 5.57 Å². The van der Waals surface area contributed by atoms with Gasteiger partial charge in [-0.15, -0.1) is 0 Å². The van der Waals surface area contributed by atoms with Crippen molar-refractivity contribution in [3.63, 3.8) is 0 Å². The van der Waals surface area contributed by atoms with Crippen LogP contribution in [0.3, 0.4) is 0 Å². The van der Waals surface area contributed by atoms with E-state index in [1.807, 2.05) is 0 Å². The summed E-state index contributed by atoms with van der Waals surface area (Å²) in [5.74, 6) is 2.06. The first kappa shape index (κ1) is 15.2. The zero-order valence-electron chi connectivity index (χ0n) is 14.4. The van der Waals surface area contributed by atoms with Crippen molar-refractivity contribution in [2.75, 3.05) is 0 Å². The fourth-order valence-electron chi connectivity index (χ4n) is 6.32. The minimum Gasteiger partial charge on any atom is -0.396 e. The third-order valence-corrected chi connectivity index (χ3v) is 7.77. The van der Waals surface area contributed by atoms with Gasteiger partial charge in [-0.2, -0.15) is 0 Å². The average Bonchev–Trinajstić information content (AvgIpc) is 2.82. The minimum absolute atomic E-state index is 0.00907. The Balaban J connectivity index is 1.85. The largest absolute Gasteiger partial charge is 0.396 e. The molecule has 3 nitrogen and oxygen atoms in total. The first-order chi connectivity index (χ1) is 10.8. The van der Waals surface area contributed by atoms with Gasteiger partial charge in [0, 0.05) is 18.3 Å². The highest BCUT2D eigenvalue weighted by Crippen LogP contribution is 2.64. The number of rotatable bonds is 0. The SMILES string of the molecule is CC1=CC2=C(N)C(=O)CC[C@]2(C)[C@H]2CC[C@]3(C)C(=O)CC[C@H]3[C@H]12. The van der Waals surface area contributed by atoms with Crippen LogP contribution in [-0.2, 0) is 9.59 Å². The third-order valence-electron chi connectivity index (χ3n) is 7.77. The zero-order valence-corrected chi connectivity index (χ0v) is 14.4. The summed E-state index contributed by atoms with van der Waals surface area (Å²) in [6.07, 6.45) is 7.54. The summed E-state index contributed by atoms with van der Waals surface area (Å²) in [6, 6.07) is 0. The number of hydrogen-bond acceptors (Lipinski definition) is 3. The van der Waals surface area contributed by atoms with Crippen LogP contribution in [0.2, 0.25) is 0 Å². The number of carbonyl (C=O) groups is 2. The summed E-state index contributed by atoms with van der Waals surface area (Å²) in [7, 11) is 0. The van der Waals surface area contributed by atoms with Crippen LogP contribution in [0.25, 0.3) is 0 Å². The molecule has 4 aliphatic carbocycles. The highest BCUT2D eigenvalue weighted by Gasteiger charge is 2.59. The highest BCUT2D eigenvalue weighted by molar-refractivity contribution is 5.97. The van der Waals surface area contributed by atoms with Crippen LogP contribution in [0, 0.1) is 28.6 Å². The molecule has 0 saturated heterocycles. The standard InChI is InChI=1S/C20H27NO2/c1-11-10-14-18(21)15(22)7-9-19(14,2)13-6-8-20(3)12(17(11)13)4-5-16(20)23/h10,12-13,17H,4-9,21H2,1-3H3/t12-,13-,17-,19+,20-/m0/s1. The average molecular weight is 313 g/mol. The Kier molecular flexibility index (Phi) is 3.02. The van der Waals surface area contributed by atoms with Crippen molar-refractivity contribution in [1.29, 1.82) is 0 Å². The van der Waals surface area contributed by atoms with E-state index in [1.54, 1.807) is 0 Å². The Hall–Kier alpha value is -1.38. The molecule has 4 aliphatic rings. The molecule has 23 heavy (non-hydrogen) atoms. The predicted octanol–water partition coefficient (Wildman–Crippen LogP) is 3.54. The minimum atomic E-state index is -0.121. The molecule has 0 heterocycles. The second-order valence-corrected chi connectivity index (χ2v) is 8.71. The predicted molar refractivity (Wildman–Crippen MR) is 89.4 cm³/mol. The molecule has 5 atom stereocenters. The number of fused-ring (bicyclic) bond motifs is 5. The molecule has 2 saturated carbocycles. The van der Waals surface area contributed by atoms with Crippen LogP contribution in [0.1, 0.15) is 59.3 Å². The van der Waals surface area contributed by atoms with Gasteiger partial charge in [-0.1, -0.05) is 25.5 Å². The lowest BCUT2D eigenvalue weighted by atomic mass is 9.47. The van der Waals surface area contributed by atoms with E-state index in [0.29, 0.717) is 35.7 Å². The normalized spacial score (nSPS) is 46.2. The molecule has 2 fully saturated rings. The number of carbonyl (C=O) groups excluding carboxylic acids is 2. The summed E-state index contributed by atoms with van der Waals surface area (Å²) < 4.78 is 0. The lowest BCUT2D eigenvalue weighted by Crippen LogP contribution is -2.51. The van der Waals surface area contributed by atoms with Gasteiger partial charge in [0.2, 0.25) is 0 Å². The number of allylic oxidation sites excluding steroid dienone is 4. The van der Waals surface area contributed by atoms with Gasteiger partial charge in [0.15, 0.2) is 5.78 Å². The van der Waals surface area contributed by atoms with E-state index in [2.05, 4.69) is 26.8 Å². The first-order valence-electron chi connectivity index (χ1n) is 9.04. The molecule has 124 valence electrons. The van der Waals surface area contributed by atoms with Crippen LogP contribution in [0.4, 0.5) is 0 Å². The molecule has 3 heteroatoms. The summed E-state index contributed by atoms with van der Waals surface area (Å²) in [4.78, 5) is 24.6. The van der Waals surface area contributed by atoms with Crippen LogP contribution < -0.4 is 5.73 Å². The van der Waals surface area contributed by atoms with E-state index in [4.69, 9.17) is 5.73 Å². The third kappa shape index (κ3) is 1.77. The molecule has 2 N–H and O–H groups in total. The molecule has 0 unspecified atom stereocenters. The Morgan fingerprint density at radius 3 is 2.48 bits per heavy atom. The van der Waals surface area contributed by atoms with E-state index in [9.17, 15) is 9.59 Å². The summed E-state index contributed by atoms with van der Waals surface area (Å²) in [6.45, 7) is 6.69. The molecular weight excluding hydrogens is 286 g/mol. The Labute approximate surface area is 138 Å². The second-order valence-electron chi connectivity index (χ2n) is 8.71. The lowest BCUT2D eigenvalue weighted by Gasteiger charge is -2.56. The van der Waals surface area contributed by atoms with Crippen molar-refractivity contribution in [3.8, 4) is 0 Å². The van der Waals surface area contributed by atoms with Gasteiger partial charge in [-0.3, -0.25) is 9.59 Å². The molecule has 0 amide bonds. The first-order valence-corrected chi connectivity index (χ1v) is 9.04. The molecule has 0 bridgehead atoms. The van der Waals surface area contributed by atoms with Crippen molar-refractivity contribution in [2.45, 2.75) is 59.3 Å². The van der Waals surface area contributed by atoms with Crippen molar-refractivity contribution < 1.29 is 9.59 Å². The van der Waals surface area contributed by atoms with Gasteiger partial charge in [-0.25, -0.2) is 0 Å². The number of hydrogen-bond donors (Lipinski definition) is 1. The highest BCUT2D eigenvalue weighted by atomic mass is 16.1. The van der Waals surface area contributed by atoms with Gasteiger partial charge < -0.3 is 5.73 Å². The Morgan fingerprint density at radius 2 is 1.74 bits per heavy atom. The van der Waals surface area contributed by atoms with Crippen molar-refractivity contribution in [3.05, 3.63) is 22.9 Å². The van der Waals surface area contributed by atoms with Crippen LogP contribution in [0.5, 0.6) is 0 Å².